The molecule has 0 fully saturated rings. The highest BCUT2D eigenvalue weighted by atomic mass is 19.1. The van der Waals surface area contributed by atoms with Crippen LogP contribution in [0.1, 0.15) is 28.9 Å². The first-order valence-electron chi connectivity index (χ1n) is 6.03. The van der Waals surface area contributed by atoms with Crippen molar-refractivity contribution >= 4 is 5.97 Å². The van der Waals surface area contributed by atoms with Crippen molar-refractivity contribution in [2.75, 3.05) is 6.61 Å². The molecule has 2 aromatic rings. The number of aromatic nitrogens is 2. The lowest BCUT2D eigenvalue weighted by Gasteiger charge is -2.08. The summed E-state index contributed by atoms with van der Waals surface area (Å²) in [5.41, 5.74) is 1.54. The van der Waals surface area contributed by atoms with Gasteiger partial charge in [-0.1, -0.05) is 6.07 Å². The molecule has 0 saturated carbocycles. The molecule has 0 saturated heterocycles. The van der Waals surface area contributed by atoms with E-state index in [4.69, 9.17) is 4.74 Å². The monoisotopic (exact) mass is 262 g/mol. The summed E-state index contributed by atoms with van der Waals surface area (Å²) in [6.07, 6.45) is 0. The quantitative estimate of drug-likeness (QED) is 0.799. The number of rotatable bonds is 3. The van der Waals surface area contributed by atoms with Crippen LogP contribution in [0, 0.1) is 19.7 Å². The van der Waals surface area contributed by atoms with Gasteiger partial charge in [0.25, 0.3) is 0 Å². The Morgan fingerprint density at radius 3 is 2.79 bits per heavy atom. The minimum atomic E-state index is -0.460. The lowest BCUT2D eigenvalue weighted by Crippen LogP contribution is -2.07. The molecule has 2 rings (SSSR count). The second kappa shape index (κ2) is 5.22. The van der Waals surface area contributed by atoms with Crippen LogP contribution in [0.15, 0.2) is 24.3 Å². The Morgan fingerprint density at radius 1 is 1.42 bits per heavy atom. The number of ether oxygens (including phenoxy) is 1. The van der Waals surface area contributed by atoms with Crippen molar-refractivity contribution in [1.29, 1.82) is 0 Å². The molecule has 0 aliphatic heterocycles. The topological polar surface area (TPSA) is 44.1 Å². The van der Waals surface area contributed by atoms with Crippen molar-refractivity contribution in [2.45, 2.75) is 20.8 Å². The predicted molar refractivity (Wildman–Crippen MR) is 69.0 cm³/mol. The van der Waals surface area contributed by atoms with Crippen molar-refractivity contribution in [3.05, 3.63) is 47.3 Å². The van der Waals surface area contributed by atoms with E-state index in [-0.39, 0.29) is 11.5 Å². The van der Waals surface area contributed by atoms with Gasteiger partial charge in [-0.3, -0.25) is 0 Å². The average Bonchev–Trinajstić information content (AvgIpc) is 2.65. The summed E-state index contributed by atoms with van der Waals surface area (Å²) in [7, 11) is 0. The Kier molecular flexibility index (Phi) is 3.64. The molecule has 0 aliphatic carbocycles. The van der Waals surface area contributed by atoms with E-state index in [1.54, 1.807) is 37.5 Å². The number of carbonyl (C=O) groups is 1. The molecule has 0 unspecified atom stereocenters. The molecule has 1 heterocycles. The highest BCUT2D eigenvalue weighted by molar-refractivity contribution is 5.88. The Balaban J connectivity index is 2.51. The van der Waals surface area contributed by atoms with Gasteiger partial charge >= 0.3 is 5.97 Å². The van der Waals surface area contributed by atoms with Gasteiger partial charge in [-0.15, -0.1) is 0 Å². The Labute approximate surface area is 110 Å². The van der Waals surface area contributed by atoms with Crippen LogP contribution in [0.3, 0.4) is 0 Å². The van der Waals surface area contributed by atoms with Crippen molar-refractivity contribution in [2.24, 2.45) is 0 Å². The summed E-state index contributed by atoms with van der Waals surface area (Å²) < 4.78 is 20.0. The molecule has 0 aliphatic rings. The third-order valence-corrected chi connectivity index (χ3v) is 2.81. The number of nitrogens with zero attached hydrogens (tertiary/aromatic N) is 2. The first kappa shape index (κ1) is 13.3. The predicted octanol–water partition coefficient (Wildman–Crippen LogP) is 2.80. The maximum atomic E-state index is 13.3. The molecule has 100 valence electrons. The number of halogens is 1. The molecule has 1 aromatic carbocycles. The van der Waals surface area contributed by atoms with Crippen LogP contribution in [0.4, 0.5) is 4.39 Å². The molecular weight excluding hydrogens is 247 g/mol. The zero-order valence-corrected chi connectivity index (χ0v) is 11.1. The molecule has 19 heavy (non-hydrogen) atoms. The summed E-state index contributed by atoms with van der Waals surface area (Å²) in [5, 5.41) is 0. The molecule has 0 atom stereocenters. The SMILES string of the molecule is CCOC(=O)c1nc(C)n(-c2cccc(F)c2)c1C. The lowest BCUT2D eigenvalue weighted by atomic mass is 10.3. The van der Waals surface area contributed by atoms with E-state index in [2.05, 4.69) is 4.98 Å². The van der Waals surface area contributed by atoms with Crippen LogP contribution in [0.25, 0.3) is 5.69 Å². The van der Waals surface area contributed by atoms with Gasteiger partial charge in [0.2, 0.25) is 0 Å². The molecule has 0 radical (unpaired) electrons. The summed E-state index contributed by atoms with van der Waals surface area (Å²) >= 11 is 0. The molecular formula is C14H15FN2O2. The lowest BCUT2D eigenvalue weighted by molar-refractivity contribution is 0.0519. The van der Waals surface area contributed by atoms with Gasteiger partial charge in [-0.2, -0.15) is 0 Å². The van der Waals surface area contributed by atoms with Gasteiger partial charge in [0.05, 0.1) is 12.3 Å². The summed E-state index contributed by atoms with van der Waals surface area (Å²) in [4.78, 5) is 16.0. The zero-order chi connectivity index (χ0) is 14.0. The molecule has 4 nitrogen and oxygen atoms in total. The summed E-state index contributed by atoms with van der Waals surface area (Å²) in [5.74, 6) is -0.174. The first-order chi connectivity index (χ1) is 9.04. The van der Waals surface area contributed by atoms with Crippen LogP contribution in [-0.2, 0) is 4.74 Å². The van der Waals surface area contributed by atoms with E-state index < -0.39 is 5.97 Å². The van der Waals surface area contributed by atoms with Crippen LogP contribution in [0.5, 0.6) is 0 Å². The standard InChI is InChI=1S/C14H15FN2O2/c1-4-19-14(18)13-9(2)17(10(3)16-13)12-7-5-6-11(15)8-12/h5-8H,4H2,1-3H3. The fourth-order valence-electron chi connectivity index (χ4n) is 2.03. The van der Waals surface area contributed by atoms with Crippen molar-refractivity contribution in [1.82, 2.24) is 9.55 Å². The number of hydrogen-bond donors (Lipinski definition) is 0. The smallest absolute Gasteiger partial charge is 0.358 e. The van der Waals surface area contributed by atoms with E-state index >= 15 is 0 Å². The van der Waals surface area contributed by atoms with Crippen molar-refractivity contribution in [3.63, 3.8) is 0 Å². The number of esters is 1. The molecule has 5 heteroatoms. The van der Waals surface area contributed by atoms with E-state index in [1.165, 1.54) is 12.1 Å². The minimum absolute atomic E-state index is 0.267. The van der Waals surface area contributed by atoms with Crippen LogP contribution in [0.2, 0.25) is 0 Å². The van der Waals surface area contributed by atoms with Crippen LogP contribution < -0.4 is 0 Å². The summed E-state index contributed by atoms with van der Waals surface area (Å²) in [6.45, 7) is 5.56. The molecule has 0 amide bonds. The van der Waals surface area contributed by atoms with E-state index in [1.807, 2.05) is 0 Å². The first-order valence-corrected chi connectivity index (χ1v) is 6.03. The Bertz CT molecular complexity index is 620. The van der Waals surface area contributed by atoms with Gasteiger partial charge in [-0.05, 0) is 39.0 Å². The van der Waals surface area contributed by atoms with E-state index in [0.29, 0.717) is 23.8 Å². The third-order valence-electron chi connectivity index (χ3n) is 2.81. The van der Waals surface area contributed by atoms with Gasteiger partial charge in [0.15, 0.2) is 5.69 Å². The summed E-state index contributed by atoms with van der Waals surface area (Å²) in [6, 6.07) is 6.15. The largest absolute Gasteiger partial charge is 0.461 e. The van der Waals surface area contributed by atoms with Crippen molar-refractivity contribution in [3.8, 4) is 5.69 Å². The number of imidazole rings is 1. The maximum absolute atomic E-state index is 13.3. The van der Waals surface area contributed by atoms with Gasteiger partial charge < -0.3 is 9.30 Å². The Hall–Kier alpha value is -2.17. The maximum Gasteiger partial charge on any atom is 0.358 e. The fraction of sp³-hybridized carbons (Fsp3) is 0.286. The average molecular weight is 262 g/mol. The molecule has 0 bridgehead atoms. The van der Waals surface area contributed by atoms with Gasteiger partial charge in [-0.25, -0.2) is 14.2 Å². The fourth-order valence-corrected chi connectivity index (χ4v) is 2.03. The minimum Gasteiger partial charge on any atom is -0.461 e. The van der Waals surface area contributed by atoms with Crippen LogP contribution in [-0.4, -0.2) is 22.1 Å². The second-order valence-electron chi connectivity index (χ2n) is 4.13. The zero-order valence-electron chi connectivity index (χ0n) is 11.1. The van der Waals surface area contributed by atoms with Gasteiger partial charge in [0, 0.05) is 5.69 Å². The number of aryl methyl sites for hydroxylation is 1. The van der Waals surface area contributed by atoms with E-state index in [9.17, 15) is 9.18 Å². The normalized spacial score (nSPS) is 10.5. The van der Waals surface area contributed by atoms with Crippen molar-refractivity contribution < 1.29 is 13.9 Å². The molecule has 1 aromatic heterocycles. The Morgan fingerprint density at radius 2 is 2.16 bits per heavy atom. The second-order valence-corrected chi connectivity index (χ2v) is 4.13. The number of benzene rings is 1. The third kappa shape index (κ3) is 2.50. The molecule has 0 N–H and O–H groups in total. The number of hydrogen-bond acceptors (Lipinski definition) is 3. The number of carbonyl (C=O) groups excluding carboxylic acids is 1. The molecule has 0 spiro atoms. The van der Waals surface area contributed by atoms with E-state index in [0.717, 1.165) is 0 Å². The highest BCUT2D eigenvalue weighted by Gasteiger charge is 2.19. The highest BCUT2D eigenvalue weighted by Crippen LogP contribution is 2.19. The van der Waals surface area contributed by atoms with Crippen LogP contribution >= 0.6 is 0 Å². The van der Waals surface area contributed by atoms with Gasteiger partial charge in [0.1, 0.15) is 11.6 Å².